The molecule has 1 N–H and O–H groups in total. The van der Waals surface area contributed by atoms with Crippen LogP contribution in [0, 0.1) is 0 Å². The third-order valence-electron chi connectivity index (χ3n) is 3.62. The Morgan fingerprint density at radius 1 is 1.35 bits per heavy atom. The number of carbonyl (C=O) groups is 1. The number of carbonyl (C=O) groups excluding carboxylic acids is 1. The normalized spacial score (nSPS) is 12.3. The molecule has 0 radical (unpaired) electrons. The quantitative estimate of drug-likeness (QED) is 0.807. The lowest BCUT2D eigenvalue weighted by molar-refractivity contribution is -0.121. The molecule has 0 aliphatic heterocycles. The standard InChI is InChI=1S/C15H20N4O3S/c1-17(2)12(11-5-7-23-10-11)8-16-13(20)9-19-6-4-14(21)18(3)15(19)22/h4-7,10,12H,8-9H2,1-3H3,(H,16,20)/t12-/m0/s1. The number of amides is 1. The fourth-order valence-electron chi connectivity index (χ4n) is 2.22. The van der Waals surface area contributed by atoms with Crippen molar-refractivity contribution < 1.29 is 4.79 Å². The van der Waals surface area contributed by atoms with Gasteiger partial charge in [0.1, 0.15) is 6.54 Å². The molecule has 0 aliphatic rings. The van der Waals surface area contributed by atoms with Crippen molar-refractivity contribution in [1.29, 1.82) is 0 Å². The van der Waals surface area contributed by atoms with Gasteiger partial charge in [0, 0.05) is 25.9 Å². The maximum Gasteiger partial charge on any atom is 0.331 e. The summed E-state index contributed by atoms with van der Waals surface area (Å²) in [6.45, 7) is 0.333. The molecule has 0 bridgehead atoms. The second-order valence-corrected chi connectivity index (χ2v) is 6.24. The topological polar surface area (TPSA) is 76.3 Å². The molecule has 2 heterocycles. The fourth-order valence-corrected chi connectivity index (χ4v) is 2.93. The molecule has 2 rings (SSSR count). The molecule has 7 nitrogen and oxygen atoms in total. The highest BCUT2D eigenvalue weighted by molar-refractivity contribution is 7.07. The molecule has 0 aliphatic carbocycles. The Labute approximate surface area is 137 Å². The van der Waals surface area contributed by atoms with Gasteiger partial charge >= 0.3 is 5.69 Å². The molecule has 1 atom stereocenters. The van der Waals surface area contributed by atoms with Crippen molar-refractivity contribution in [3.05, 3.63) is 55.5 Å². The van der Waals surface area contributed by atoms with E-state index < -0.39 is 11.2 Å². The summed E-state index contributed by atoms with van der Waals surface area (Å²) in [6, 6.07) is 3.36. The maximum absolute atomic E-state index is 12.1. The molecule has 23 heavy (non-hydrogen) atoms. The molecule has 0 saturated heterocycles. The summed E-state index contributed by atoms with van der Waals surface area (Å²) in [6.07, 6.45) is 1.34. The van der Waals surface area contributed by atoms with Gasteiger partial charge in [-0.3, -0.25) is 18.7 Å². The van der Waals surface area contributed by atoms with Gasteiger partial charge in [-0.2, -0.15) is 11.3 Å². The van der Waals surface area contributed by atoms with Crippen LogP contribution in [-0.4, -0.2) is 40.6 Å². The van der Waals surface area contributed by atoms with Crippen molar-refractivity contribution in [2.24, 2.45) is 7.05 Å². The van der Waals surface area contributed by atoms with Crippen molar-refractivity contribution in [2.75, 3.05) is 20.6 Å². The molecule has 0 fully saturated rings. The first-order valence-corrected chi connectivity index (χ1v) is 8.06. The molecule has 124 valence electrons. The van der Waals surface area contributed by atoms with Crippen LogP contribution in [0.15, 0.2) is 38.7 Å². The highest BCUT2D eigenvalue weighted by Crippen LogP contribution is 2.19. The molecule has 0 aromatic carbocycles. The number of rotatable bonds is 6. The van der Waals surface area contributed by atoms with Crippen LogP contribution in [-0.2, 0) is 18.4 Å². The Morgan fingerprint density at radius 3 is 2.70 bits per heavy atom. The Kier molecular flexibility index (Phi) is 5.51. The number of nitrogens with zero attached hydrogens (tertiary/aromatic N) is 3. The summed E-state index contributed by atoms with van der Waals surface area (Å²) in [5, 5.41) is 6.89. The molecular formula is C15H20N4O3S. The zero-order valence-electron chi connectivity index (χ0n) is 13.4. The molecule has 0 saturated carbocycles. The van der Waals surface area contributed by atoms with Gasteiger partial charge in [-0.25, -0.2) is 4.79 Å². The van der Waals surface area contributed by atoms with Gasteiger partial charge in [-0.1, -0.05) is 0 Å². The molecule has 0 spiro atoms. The Bertz CT molecular complexity index is 777. The van der Waals surface area contributed by atoms with E-state index in [0.29, 0.717) is 6.54 Å². The molecular weight excluding hydrogens is 316 g/mol. The first-order valence-electron chi connectivity index (χ1n) is 7.12. The zero-order chi connectivity index (χ0) is 17.0. The monoisotopic (exact) mass is 336 g/mol. The smallest absolute Gasteiger partial charge is 0.331 e. The number of hydrogen-bond donors (Lipinski definition) is 1. The van der Waals surface area contributed by atoms with Crippen LogP contribution in [0.5, 0.6) is 0 Å². The van der Waals surface area contributed by atoms with Crippen molar-refractivity contribution in [1.82, 2.24) is 19.4 Å². The highest BCUT2D eigenvalue weighted by atomic mass is 32.1. The Morgan fingerprint density at radius 2 is 2.09 bits per heavy atom. The predicted octanol–water partition coefficient (Wildman–Crippen LogP) is 0.0276. The van der Waals surface area contributed by atoms with Crippen molar-refractivity contribution >= 4 is 17.2 Å². The van der Waals surface area contributed by atoms with E-state index in [0.717, 1.165) is 10.1 Å². The van der Waals surface area contributed by atoms with Crippen molar-refractivity contribution in [2.45, 2.75) is 12.6 Å². The predicted molar refractivity (Wildman–Crippen MR) is 89.7 cm³/mol. The zero-order valence-corrected chi connectivity index (χ0v) is 14.2. The van der Waals surface area contributed by atoms with Gasteiger partial charge in [0.05, 0.1) is 6.04 Å². The lowest BCUT2D eigenvalue weighted by Gasteiger charge is -2.24. The van der Waals surface area contributed by atoms with Crippen molar-refractivity contribution in [3.8, 4) is 0 Å². The summed E-state index contributed by atoms with van der Waals surface area (Å²) in [5.41, 5.74) is 0.242. The largest absolute Gasteiger partial charge is 0.353 e. The minimum absolute atomic E-state index is 0.0713. The van der Waals surface area contributed by atoms with Crippen molar-refractivity contribution in [3.63, 3.8) is 0 Å². The third-order valence-corrected chi connectivity index (χ3v) is 4.32. The molecule has 2 aromatic heterocycles. The number of thiophene rings is 1. The van der Waals surface area contributed by atoms with Crippen LogP contribution >= 0.6 is 11.3 Å². The van der Waals surface area contributed by atoms with E-state index in [2.05, 4.69) is 5.32 Å². The Balaban J connectivity index is 2.01. The summed E-state index contributed by atoms with van der Waals surface area (Å²) in [7, 11) is 5.29. The minimum atomic E-state index is -0.505. The van der Waals surface area contributed by atoms with E-state index >= 15 is 0 Å². The first kappa shape index (κ1) is 17.2. The van der Waals surface area contributed by atoms with Gasteiger partial charge in [0.15, 0.2) is 0 Å². The number of aromatic nitrogens is 2. The molecule has 2 aromatic rings. The van der Waals surface area contributed by atoms with Crippen LogP contribution in [0.2, 0.25) is 0 Å². The first-order chi connectivity index (χ1) is 10.9. The Hall–Kier alpha value is -2.19. The van der Waals surface area contributed by atoms with Gasteiger partial charge in [0.2, 0.25) is 5.91 Å². The number of likely N-dealkylation sites (N-methyl/N-ethyl adjacent to an activating group) is 1. The van der Waals surface area contributed by atoms with Gasteiger partial charge in [0.25, 0.3) is 5.56 Å². The fraction of sp³-hybridized carbons (Fsp3) is 0.400. The van der Waals surface area contributed by atoms with Crippen LogP contribution in [0.3, 0.4) is 0 Å². The third kappa shape index (κ3) is 4.17. The van der Waals surface area contributed by atoms with E-state index in [1.165, 1.54) is 23.9 Å². The number of hydrogen-bond acceptors (Lipinski definition) is 5. The molecule has 0 unspecified atom stereocenters. The summed E-state index contributed by atoms with van der Waals surface area (Å²) in [4.78, 5) is 37.4. The molecule has 1 amide bonds. The average molecular weight is 336 g/mol. The minimum Gasteiger partial charge on any atom is -0.353 e. The van der Waals surface area contributed by atoms with Gasteiger partial charge in [-0.15, -0.1) is 0 Å². The van der Waals surface area contributed by atoms with E-state index in [4.69, 9.17) is 0 Å². The summed E-state index contributed by atoms with van der Waals surface area (Å²) >= 11 is 1.61. The van der Waals surface area contributed by atoms with Gasteiger partial charge < -0.3 is 10.2 Å². The van der Waals surface area contributed by atoms with E-state index in [1.807, 2.05) is 35.8 Å². The van der Waals surface area contributed by atoms with E-state index in [1.54, 1.807) is 11.3 Å². The van der Waals surface area contributed by atoms with E-state index in [-0.39, 0.29) is 18.5 Å². The van der Waals surface area contributed by atoms with Crippen LogP contribution < -0.4 is 16.6 Å². The number of nitrogens with one attached hydrogen (secondary N) is 1. The second-order valence-electron chi connectivity index (χ2n) is 5.46. The summed E-state index contributed by atoms with van der Waals surface area (Å²) in [5.74, 6) is -0.271. The average Bonchev–Trinajstić information content (AvgIpc) is 3.02. The van der Waals surface area contributed by atoms with Crippen LogP contribution in [0.25, 0.3) is 0 Å². The lowest BCUT2D eigenvalue weighted by Crippen LogP contribution is -2.41. The SMILES string of the molecule is CN(C)[C@@H](CNC(=O)Cn1ccc(=O)n(C)c1=O)c1ccsc1. The molecule has 8 heteroatoms. The second kappa shape index (κ2) is 7.38. The van der Waals surface area contributed by atoms with E-state index in [9.17, 15) is 14.4 Å². The van der Waals surface area contributed by atoms with Gasteiger partial charge in [-0.05, 0) is 36.5 Å². The maximum atomic E-state index is 12.1. The summed E-state index contributed by atoms with van der Waals surface area (Å²) < 4.78 is 2.19. The van der Waals surface area contributed by atoms with Crippen LogP contribution in [0.4, 0.5) is 0 Å². The van der Waals surface area contributed by atoms with Crippen LogP contribution in [0.1, 0.15) is 11.6 Å². The lowest BCUT2D eigenvalue weighted by atomic mass is 10.1. The highest BCUT2D eigenvalue weighted by Gasteiger charge is 2.16.